The fraction of sp³-hybridized carbons (Fsp3) is 0.769. The molecule has 2 rings (SSSR count). The Balaban J connectivity index is 2.05. The first kappa shape index (κ1) is 11.6. The topological polar surface area (TPSA) is 37.9 Å². The molecule has 0 fully saturated rings. The maximum absolute atomic E-state index is 5.06. The third-order valence-electron chi connectivity index (χ3n) is 3.40. The zero-order chi connectivity index (χ0) is 11.5. The van der Waals surface area contributed by atoms with E-state index < -0.39 is 0 Å². The van der Waals surface area contributed by atoms with E-state index in [4.69, 9.17) is 9.72 Å². The molecule has 16 heavy (non-hydrogen) atoms. The Labute approximate surface area is 97.6 Å². The lowest BCUT2D eigenvalue weighted by atomic mass is 9.84. The van der Waals surface area contributed by atoms with Gasteiger partial charge in [-0.05, 0) is 25.2 Å². The van der Waals surface area contributed by atoms with Gasteiger partial charge >= 0.3 is 0 Å². The number of nitrogens with zero attached hydrogens (tertiary/aromatic N) is 1. The summed E-state index contributed by atoms with van der Waals surface area (Å²) in [5.41, 5.74) is 2.68. The van der Waals surface area contributed by atoms with Crippen molar-refractivity contribution in [3.8, 4) is 0 Å². The second kappa shape index (κ2) is 5.00. The van der Waals surface area contributed by atoms with E-state index in [-0.39, 0.29) is 0 Å². The maximum atomic E-state index is 5.06. The van der Waals surface area contributed by atoms with Crippen LogP contribution in [0.5, 0.6) is 0 Å². The van der Waals surface area contributed by atoms with Gasteiger partial charge < -0.3 is 9.72 Å². The summed E-state index contributed by atoms with van der Waals surface area (Å²) in [6.07, 6.45) is 4.49. The molecule has 2 unspecified atom stereocenters. The van der Waals surface area contributed by atoms with Gasteiger partial charge in [0.2, 0.25) is 0 Å². The van der Waals surface area contributed by atoms with Crippen LogP contribution in [-0.2, 0) is 17.6 Å². The number of rotatable bonds is 4. The highest BCUT2D eigenvalue weighted by molar-refractivity contribution is 5.22. The van der Waals surface area contributed by atoms with Gasteiger partial charge in [0.25, 0.3) is 0 Å². The van der Waals surface area contributed by atoms with Crippen molar-refractivity contribution in [1.29, 1.82) is 0 Å². The highest BCUT2D eigenvalue weighted by Gasteiger charge is 2.24. The fourth-order valence-electron chi connectivity index (χ4n) is 2.69. The SMILES string of the molecule is COCCCc1nc2c([nH]1)CC(C)CC2C. The monoisotopic (exact) mass is 222 g/mol. The zero-order valence-electron chi connectivity index (χ0n) is 10.5. The lowest BCUT2D eigenvalue weighted by Gasteiger charge is -2.22. The maximum Gasteiger partial charge on any atom is 0.106 e. The third kappa shape index (κ3) is 2.46. The van der Waals surface area contributed by atoms with Crippen LogP contribution >= 0.6 is 0 Å². The third-order valence-corrected chi connectivity index (χ3v) is 3.40. The first-order valence-corrected chi connectivity index (χ1v) is 6.27. The Morgan fingerprint density at radius 2 is 2.25 bits per heavy atom. The van der Waals surface area contributed by atoms with Gasteiger partial charge in [0, 0.05) is 31.7 Å². The number of H-pyrrole nitrogens is 1. The molecule has 0 saturated carbocycles. The minimum atomic E-state index is 0.617. The average molecular weight is 222 g/mol. The number of aryl methyl sites for hydroxylation is 1. The molecule has 1 aromatic rings. The largest absolute Gasteiger partial charge is 0.385 e. The zero-order valence-corrected chi connectivity index (χ0v) is 10.5. The second-order valence-corrected chi connectivity index (χ2v) is 5.09. The summed E-state index contributed by atoms with van der Waals surface area (Å²) < 4.78 is 5.06. The number of fused-ring (bicyclic) bond motifs is 1. The number of aromatic amines is 1. The summed E-state index contributed by atoms with van der Waals surface area (Å²) in [5, 5.41) is 0. The van der Waals surface area contributed by atoms with Crippen molar-refractivity contribution in [1.82, 2.24) is 9.97 Å². The van der Waals surface area contributed by atoms with Gasteiger partial charge in [-0.3, -0.25) is 0 Å². The normalized spacial score (nSPS) is 24.4. The molecule has 3 nitrogen and oxygen atoms in total. The van der Waals surface area contributed by atoms with E-state index in [1.54, 1.807) is 7.11 Å². The molecule has 1 N–H and O–H groups in total. The van der Waals surface area contributed by atoms with Crippen LogP contribution in [0, 0.1) is 5.92 Å². The van der Waals surface area contributed by atoms with Crippen LogP contribution in [0.1, 0.15) is 49.8 Å². The number of aromatic nitrogens is 2. The van der Waals surface area contributed by atoms with Gasteiger partial charge in [0.15, 0.2) is 0 Å². The Bertz CT molecular complexity index is 346. The quantitative estimate of drug-likeness (QED) is 0.795. The van der Waals surface area contributed by atoms with Crippen molar-refractivity contribution >= 4 is 0 Å². The molecule has 0 radical (unpaired) electrons. The second-order valence-electron chi connectivity index (χ2n) is 5.09. The van der Waals surface area contributed by atoms with Gasteiger partial charge in [0.05, 0.1) is 5.69 Å². The predicted molar refractivity (Wildman–Crippen MR) is 64.7 cm³/mol. The molecule has 90 valence electrons. The summed E-state index contributed by atoms with van der Waals surface area (Å²) in [5.74, 6) is 2.55. The molecule has 0 aliphatic heterocycles. The summed E-state index contributed by atoms with van der Waals surface area (Å²) in [6.45, 7) is 5.43. The van der Waals surface area contributed by atoms with E-state index in [0.29, 0.717) is 5.92 Å². The molecular formula is C13H22N2O. The van der Waals surface area contributed by atoms with E-state index >= 15 is 0 Å². The van der Waals surface area contributed by atoms with Crippen molar-refractivity contribution in [3.63, 3.8) is 0 Å². The van der Waals surface area contributed by atoms with Crippen LogP contribution in [0.25, 0.3) is 0 Å². The lowest BCUT2D eigenvalue weighted by molar-refractivity contribution is 0.194. The van der Waals surface area contributed by atoms with Crippen LogP contribution in [0.2, 0.25) is 0 Å². The summed E-state index contributed by atoms with van der Waals surface area (Å²) in [6, 6.07) is 0. The number of hydrogen-bond donors (Lipinski definition) is 1. The molecule has 1 aliphatic carbocycles. The van der Waals surface area contributed by atoms with Crippen molar-refractivity contribution in [2.24, 2.45) is 5.92 Å². The Morgan fingerprint density at radius 3 is 3.00 bits per heavy atom. The van der Waals surface area contributed by atoms with Crippen LogP contribution in [0.15, 0.2) is 0 Å². The van der Waals surface area contributed by atoms with Crippen molar-refractivity contribution < 1.29 is 4.74 Å². The molecule has 0 amide bonds. The molecule has 0 saturated heterocycles. The lowest BCUT2D eigenvalue weighted by Crippen LogP contribution is -2.14. The molecule has 1 heterocycles. The van der Waals surface area contributed by atoms with Gasteiger partial charge in [-0.2, -0.15) is 0 Å². The number of ether oxygens (including phenoxy) is 1. The van der Waals surface area contributed by atoms with Crippen molar-refractivity contribution in [2.75, 3.05) is 13.7 Å². The summed E-state index contributed by atoms with van der Waals surface area (Å²) in [4.78, 5) is 8.21. The fourth-order valence-corrected chi connectivity index (χ4v) is 2.69. The molecule has 3 heteroatoms. The molecule has 0 bridgehead atoms. The van der Waals surface area contributed by atoms with Crippen LogP contribution in [0.3, 0.4) is 0 Å². The van der Waals surface area contributed by atoms with Gasteiger partial charge in [-0.25, -0.2) is 4.98 Å². The molecule has 0 aromatic carbocycles. The van der Waals surface area contributed by atoms with Crippen molar-refractivity contribution in [2.45, 2.75) is 45.4 Å². The van der Waals surface area contributed by atoms with Crippen molar-refractivity contribution in [3.05, 3.63) is 17.2 Å². The van der Waals surface area contributed by atoms with E-state index in [0.717, 1.165) is 37.6 Å². The van der Waals surface area contributed by atoms with E-state index in [1.807, 2.05) is 0 Å². The molecule has 0 spiro atoms. The summed E-state index contributed by atoms with van der Waals surface area (Å²) >= 11 is 0. The first-order chi connectivity index (χ1) is 7.70. The van der Waals surface area contributed by atoms with Crippen LogP contribution in [0.4, 0.5) is 0 Å². The predicted octanol–water partition coefficient (Wildman–Crippen LogP) is 2.67. The highest BCUT2D eigenvalue weighted by Crippen LogP contribution is 2.32. The Morgan fingerprint density at radius 1 is 1.44 bits per heavy atom. The molecule has 2 atom stereocenters. The Hall–Kier alpha value is -0.830. The average Bonchev–Trinajstić information content (AvgIpc) is 2.61. The molecule has 1 aromatic heterocycles. The number of imidazole rings is 1. The minimum absolute atomic E-state index is 0.617. The van der Waals surface area contributed by atoms with E-state index in [1.165, 1.54) is 17.8 Å². The number of nitrogens with one attached hydrogen (secondary N) is 1. The van der Waals surface area contributed by atoms with Crippen LogP contribution in [-0.4, -0.2) is 23.7 Å². The highest BCUT2D eigenvalue weighted by atomic mass is 16.5. The minimum Gasteiger partial charge on any atom is -0.385 e. The molecular weight excluding hydrogens is 200 g/mol. The first-order valence-electron chi connectivity index (χ1n) is 6.27. The van der Waals surface area contributed by atoms with Gasteiger partial charge in [-0.1, -0.05) is 13.8 Å². The molecule has 1 aliphatic rings. The standard InChI is InChI=1S/C13H22N2O/c1-9-7-10(2)13-11(8-9)14-12(15-13)5-4-6-16-3/h9-10H,4-8H2,1-3H3,(H,14,15). The van der Waals surface area contributed by atoms with E-state index in [2.05, 4.69) is 18.8 Å². The van der Waals surface area contributed by atoms with Gasteiger partial charge in [-0.15, -0.1) is 0 Å². The van der Waals surface area contributed by atoms with E-state index in [9.17, 15) is 0 Å². The van der Waals surface area contributed by atoms with Gasteiger partial charge in [0.1, 0.15) is 5.82 Å². The van der Waals surface area contributed by atoms with Crippen LogP contribution < -0.4 is 0 Å². The number of methoxy groups -OCH3 is 1. The smallest absolute Gasteiger partial charge is 0.106 e. The summed E-state index contributed by atoms with van der Waals surface area (Å²) in [7, 11) is 1.75. The Kier molecular flexibility index (Phi) is 3.64. The number of hydrogen-bond acceptors (Lipinski definition) is 2.